The highest BCUT2D eigenvalue weighted by Crippen LogP contribution is 2.04. The van der Waals surface area contributed by atoms with Gasteiger partial charge in [0.25, 0.3) is 0 Å². The Balaban J connectivity index is 3.48. The van der Waals surface area contributed by atoms with Gasteiger partial charge in [-0.2, -0.15) is 0 Å². The molecule has 0 spiro atoms. The first-order valence-electron chi connectivity index (χ1n) is 6.04. The topological polar surface area (TPSA) is 38.3 Å². The van der Waals surface area contributed by atoms with E-state index in [4.69, 9.17) is 0 Å². The first kappa shape index (κ1) is 14.4. The molecule has 0 aliphatic rings. The first-order chi connectivity index (χ1) is 7.24. The summed E-state index contributed by atoms with van der Waals surface area (Å²) in [6, 6.07) is 0.623. The smallest absolute Gasteiger partial charge is 0.305 e. The summed E-state index contributed by atoms with van der Waals surface area (Å²) >= 11 is 0. The number of rotatable bonds is 9. The number of nitrogens with one attached hydrogen (secondary N) is 1. The number of carbonyl (C=O) groups is 1. The second-order valence-corrected chi connectivity index (χ2v) is 3.91. The molecular weight excluding hydrogens is 190 g/mol. The predicted molar refractivity (Wildman–Crippen MR) is 62.9 cm³/mol. The van der Waals surface area contributed by atoms with Crippen molar-refractivity contribution in [1.29, 1.82) is 0 Å². The molecule has 0 aromatic heterocycles. The fourth-order valence-electron chi connectivity index (χ4n) is 1.69. The molecule has 0 aliphatic heterocycles. The van der Waals surface area contributed by atoms with Crippen LogP contribution in [-0.4, -0.2) is 25.7 Å². The van der Waals surface area contributed by atoms with E-state index in [1.54, 1.807) is 0 Å². The van der Waals surface area contributed by atoms with Gasteiger partial charge in [-0.3, -0.25) is 4.79 Å². The Kier molecular flexibility index (Phi) is 9.59. The molecule has 1 N–H and O–H groups in total. The van der Waals surface area contributed by atoms with Gasteiger partial charge < -0.3 is 10.1 Å². The van der Waals surface area contributed by atoms with Gasteiger partial charge in [-0.05, 0) is 25.8 Å². The lowest BCUT2D eigenvalue weighted by molar-refractivity contribution is -0.140. The molecule has 15 heavy (non-hydrogen) atoms. The fraction of sp³-hybridized carbons (Fsp3) is 0.917. The summed E-state index contributed by atoms with van der Waals surface area (Å²) in [5.74, 6) is -0.112. The fourth-order valence-corrected chi connectivity index (χ4v) is 1.69. The Morgan fingerprint density at radius 1 is 1.27 bits per heavy atom. The molecule has 0 saturated carbocycles. The molecule has 0 aliphatic carbocycles. The number of carbonyl (C=O) groups excluding carboxylic acids is 1. The second kappa shape index (κ2) is 9.97. The molecule has 0 atom stereocenters. The van der Waals surface area contributed by atoms with Gasteiger partial charge in [0, 0.05) is 12.5 Å². The van der Waals surface area contributed by atoms with Crippen LogP contribution in [0, 0.1) is 0 Å². The highest BCUT2D eigenvalue weighted by molar-refractivity contribution is 5.69. The van der Waals surface area contributed by atoms with Crippen LogP contribution in [0.3, 0.4) is 0 Å². The van der Waals surface area contributed by atoms with Gasteiger partial charge in [-0.15, -0.1) is 0 Å². The maximum Gasteiger partial charge on any atom is 0.305 e. The summed E-state index contributed by atoms with van der Waals surface area (Å²) in [6.45, 7) is 5.33. The molecule has 0 rings (SSSR count). The van der Waals surface area contributed by atoms with Crippen molar-refractivity contribution in [2.45, 2.75) is 58.4 Å². The van der Waals surface area contributed by atoms with Crippen molar-refractivity contribution in [2.75, 3.05) is 13.7 Å². The zero-order valence-electron chi connectivity index (χ0n) is 10.3. The Morgan fingerprint density at radius 2 is 1.87 bits per heavy atom. The van der Waals surface area contributed by atoms with Gasteiger partial charge in [0.1, 0.15) is 0 Å². The van der Waals surface area contributed by atoms with Crippen LogP contribution in [0.2, 0.25) is 0 Å². The molecular formula is C12H25NO2. The van der Waals surface area contributed by atoms with E-state index < -0.39 is 0 Å². The summed E-state index contributed by atoms with van der Waals surface area (Å²) < 4.78 is 4.59. The predicted octanol–water partition coefficient (Wildman–Crippen LogP) is 2.50. The van der Waals surface area contributed by atoms with Crippen LogP contribution in [0.1, 0.15) is 52.4 Å². The minimum atomic E-state index is -0.112. The van der Waals surface area contributed by atoms with Gasteiger partial charge in [-0.25, -0.2) is 0 Å². The average molecular weight is 215 g/mol. The molecule has 90 valence electrons. The Morgan fingerprint density at radius 3 is 2.33 bits per heavy atom. The number of hydrogen-bond donors (Lipinski definition) is 1. The van der Waals surface area contributed by atoms with Crippen LogP contribution >= 0.6 is 0 Å². The molecule has 0 radical (unpaired) electrons. The van der Waals surface area contributed by atoms with E-state index in [9.17, 15) is 4.79 Å². The van der Waals surface area contributed by atoms with Crippen LogP contribution < -0.4 is 5.32 Å². The third kappa shape index (κ3) is 8.43. The van der Waals surface area contributed by atoms with Crippen molar-refractivity contribution < 1.29 is 9.53 Å². The summed E-state index contributed by atoms with van der Waals surface area (Å²) in [4.78, 5) is 10.9. The van der Waals surface area contributed by atoms with Gasteiger partial charge in [0.2, 0.25) is 0 Å². The maximum absolute atomic E-state index is 10.9. The van der Waals surface area contributed by atoms with E-state index in [0.29, 0.717) is 12.5 Å². The van der Waals surface area contributed by atoms with Crippen LogP contribution in [0.4, 0.5) is 0 Å². The normalized spacial score (nSPS) is 10.7. The molecule has 3 heteroatoms. The minimum absolute atomic E-state index is 0.112. The Bertz CT molecular complexity index is 154. The van der Waals surface area contributed by atoms with E-state index in [0.717, 1.165) is 13.0 Å². The molecule has 0 aromatic rings. The van der Waals surface area contributed by atoms with E-state index in [-0.39, 0.29) is 5.97 Å². The van der Waals surface area contributed by atoms with Crippen LogP contribution in [0.25, 0.3) is 0 Å². The quantitative estimate of drug-likeness (QED) is 0.474. The van der Waals surface area contributed by atoms with Crippen molar-refractivity contribution in [3.05, 3.63) is 0 Å². The first-order valence-corrected chi connectivity index (χ1v) is 6.04. The molecule has 0 amide bonds. The largest absolute Gasteiger partial charge is 0.469 e. The molecule has 0 heterocycles. The number of ether oxygens (including phenoxy) is 1. The third-order valence-corrected chi connectivity index (χ3v) is 2.49. The second-order valence-electron chi connectivity index (χ2n) is 3.91. The lowest BCUT2D eigenvalue weighted by Crippen LogP contribution is -2.30. The summed E-state index contributed by atoms with van der Waals surface area (Å²) in [7, 11) is 1.44. The van der Waals surface area contributed by atoms with Crippen LogP contribution in [-0.2, 0) is 9.53 Å². The molecule has 0 aromatic carbocycles. The van der Waals surface area contributed by atoms with Gasteiger partial charge in [-0.1, -0.05) is 26.7 Å². The number of methoxy groups -OCH3 is 1. The lowest BCUT2D eigenvalue weighted by Gasteiger charge is -2.16. The maximum atomic E-state index is 10.9. The zero-order chi connectivity index (χ0) is 11.5. The van der Waals surface area contributed by atoms with E-state index >= 15 is 0 Å². The number of esters is 1. The minimum Gasteiger partial charge on any atom is -0.469 e. The molecule has 0 unspecified atom stereocenters. The third-order valence-electron chi connectivity index (χ3n) is 2.49. The lowest BCUT2D eigenvalue weighted by atomic mass is 10.1. The van der Waals surface area contributed by atoms with Gasteiger partial charge in [0.15, 0.2) is 0 Å². The molecule has 3 nitrogen and oxygen atoms in total. The summed E-state index contributed by atoms with van der Waals surface area (Å²) in [5, 5.41) is 3.49. The van der Waals surface area contributed by atoms with Crippen molar-refractivity contribution >= 4 is 5.97 Å². The highest BCUT2D eigenvalue weighted by atomic mass is 16.5. The summed E-state index contributed by atoms with van der Waals surface area (Å²) in [6.07, 6.45) is 6.28. The Hall–Kier alpha value is -0.570. The molecule has 0 bridgehead atoms. The van der Waals surface area contributed by atoms with Crippen LogP contribution in [0.15, 0.2) is 0 Å². The van der Waals surface area contributed by atoms with Crippen molar-refractivity contribution in [3.8, 4) is 0 Å². The van der Waals surface area contributed by atoms with Crippen molar-refractivity contribution in [2.24, 2.45) is 0 Å². The van der Waals surface area contributed by atoms with E-state index in [1.807, 2.05) is 0 Å². The number of hydrogen-bond acceptors (Lipinski definition) is 3. The monoisotopic (exact) mass is 215 g/mol. The van der Waals surface area contributed by atoms with Crippen LogP contribution in [0.5, 0.6) is 0 Å². The Labute approximate surface area is 93.6 Å². The summed E-state index contributed by atoms with van der Waals surface area (Å²) in [5.41, 5.74) is 0. The standard InChI is InChI=1S/C12H25NO2/c1-4-7-11(8-5-2)13-10-6-9-12(14)15-3/h11,13H,4-10H2,1-3H3. The van der Waals surface area contributed by atoms with E-state index in [1.165, 1.54) is 32.8 Å². The molecule has 0 saturated heterocycles. The highest BCUT2D eigenvalue weighted by Gasteiger charge is 2.05. The average Bonchev–Trinajstić information content (AvgIpc) is 2.24. The zero-order valence-corrected chi connectivity index (χ0v) is 10.3. The van der Waals surface area contributed by atoms with Crippen molar-refractivity contribution in [1.82, 2.24) is 5.32 Å². The molecule has 0 fully saturated rings. The van der Waals surface area contributed by atoms with Gasteiger partial charge in [0.05, 0.1) is 7.11 Å². The SMILES string of the molecule is CCCC(CCC)NCCCC(=O)OC. The van der Waals surface area contributed by atoms with Crippen molar-refractivity contribution in [3.63, 3.8) is 0 Å². The van der Waals surface area contributed by atoms with E-state index in [2.05, 4.69) is 23.9 Å². The van der Waals surface area contributed by atoms with Gasteiger partial charge >= 0.3 is 5.97 Å².